The van der Waals surface area contributed by atoms with E-state index in [0.717, 1.165) is 50.7 Å². The average molecular weight is 575 g/mol. The number of aromatic nitrogens is 2. The van der Waals surface area contributed by atoms with Crippen molar-refractivity contribution < 1.29 is 27.5 Å². The number of carbonyl (C=O) groups is 2. The van der Waals surface area contributed by atoms with Crippen LogP contribution in [0.15, 0.2) is 24.3 Å². The molecule has 3 aliphatic rings. The summed E-state index contributed by atoms with van der Waals surface area (Å²) in [5, 5.41) is 3.88. The molecule has 0 bridgehead atoms. The van der Waals surface area contributed by atoms with Crippen molar-refractivity contribution >= 4 is 11.8 Å². The van der Waals surface area contributed by atoms with Gasteiger partial charge in [0, 0.05) is 44.4 Å². The molecule has 0 atom stereocenters. The second-order valence-electron chi connectivity index (χ2n) is 12.0. The summed E-state index contributed by atoms with van der Waals surface area (Å²) in [7, 11) is 1.86. The number of fused-ring (bicyclic) bond motifs is 2. The molecule has 7 nitrogen and oxygen atoms in total. The molecule has 1 fully saturated rings. The van der Waals surface area contributed by atoms with Crippen LogP contribution in [0.25, 0.3) is 0 Å². The van der Waals surface area contributed by atoms with Crippen molar-refractivity contribution in [1.82, 2.24) is 19.6 Å². The summed E-state index contributed by atoms with van der Waals surface area (Å²) >= 11 is 0. The van der Waals surface area contributed by atoms with Gasteiger partial charge in [0.05, 0.1) is 6.61 Å². The Labute approximate surface area is 240 Å². The maximum absolute atomic E-state index is 13.6. The molecule has 5 rings (SSSR count). The highest BCUT2D eigenvalue weighted by atomic mass is 19.4. The second kappa shape index (κ2) is 12.4. The Morgan fingerprint density at radius 2 is 1.71 bits per heavy atom. The van der Waals surface area contributed by atoms with Crippen LogP contribution in [-0.2, 0) is 41.6 Å². The van der Waals surface area contributed by atoms with Gasteiger partial charge >= 0.3 is 6.18 Å². The maximum atomic E-state index is 13.6. The Kier molecular flexibility index (Phi) is 8.94. The fourth-order valence-electron chi connectivity index (χ4n) is 6.83. The summed E-state index contributed by atoms with van der Waals surface area (Å²) in [5.41, 5.74) is 1.09. The number of rotatable bonds is 2. The van der Waals surface area contributed by atoms with Crippen LogP contribution in [0.4, 0.5) is 13.2 Å². The molecule has 10 heteroatoms. The zero-order chi connectivity index (χ0) is 29.0. The van der Waals surface area contributed by atoms with E-state index < -0.39 is 11.9 Å². The van der Waals surface area contributed by atoms with Gasteiger partial charge in [-0.25, -0.2) is 0 Å². The highest BCUT2D eigenvalue weighted by molar-refractivity contribution is 5.76. The Morgan fingerprint density at radius 3 is 2.49 bits per heavy atom. The first-order chi connectivity index (χ1) is 19.7. The van der Waals surface area contributed by atoms with Crippen molar-refractivity contribution in [1.29, 1.82) is 0 Å². The molecule has 1 saturated heterocycles. The zero-order valence-electron chi connectivity index (χ0n) is 24.0. The number of amides is 2. The average Bonchev–Trinajstić information content (AvgIpc) is 3.33. The van der Waals surface area contributed by atoms with Gasteiger partial charge in [-0.15, -0.1) is 0 Å². The SMILES string of the molecule is CN1CC2(CCCCc3ccccc3OCCCC1=O)CCN(C(=O)Cn1nc(C(F)(F)F)c3c1CCCC3)CC2. The second-order valence-corrected chi connectivity index (χ2v) is 12.0. The van der Waals surface area contributed by atoms with Crippen molar-refractivity contribution in [3.63, 3.8) is 0 Å². The highest BCUT2D eigenvalue weighted by Gasteiger charge is 2.41. The van der Waals surface area contributed by atoms with Crippen LogP contribution in [0.3, 0.4) is 0 Å². The number of halogens is 3. The topological polar surface area (TPSA) is 67.7 Å². The molecule has 2 amide bonds. The monoisotopic (exact) mass is 574 g/mol. The molecule has 1 aliphatic carbocycles. The first-order valence-corrected chi connectivity index (χ1v) is 15.0. The van der Waals surface area contributed by atoms with Crippen LogP contribution in [0.1, 0.15) is 80.3 Å². The molecule has 2 aromatic rings. The van der Waals surface area contributed by atoms with E-state index in [0.29, 0.717) is 64.0 Å². The summed E-state index contributed by atoms with van der Waals surface area (Å²) in [6.45, 7) is 2.06. The molecule has 0 unspecified atom stereocenters. The van der Waals surface area contributed by atoms with Gasteiger partial charge in [0.15, 0.2) is 5.69 Å². The van der Waals surface area contributed by atoms with Crippen LogP contribution in [0.5, 0.6) is 5.75 Å². The van der Waals surface area contributed by atoms with Crippen LogP contribution in [0, 0.1) is 5.41 Å². The molecule has 1 aromatic carbocycles. The Hall–Kier alpha value is -3.04. The van der Waals surface area contributed by atoms with Crippen LogP contribution in [-0.4, -0.2) is 64.7 Å². The fourth-order valence-corrected chi connectivity index (χ4v) is 6.83. The summed E-state index contributed by atoms with van der Waals surface area (Å²) in [6.07, 6.45) is 4.38. The number of alkyl halides is 3. The van der Waals surface area contributed by atoms with Crippen molar-refractivity contribution in [2.24, 2.45) is 5.41 Å². The van der Waals surface area contributed by atoms with Gasteiger partial charge in [0.25, 0.3) is 0 Å². The minimum absolute atomic E-state index is 0.0877. The smallest absolute Gasteiger partial charge is 0.435 e. The first-order valence-electron chi connectivity index (χ1n) is 15.0. The predicted octanol–water partition coefficient (Wildman–Crippen LogP) is 5.43. The third kappa shape index (κ3) is 6.89. The number of carbonyl (C=O) groups excluding carboxylic acids is 2. The molecule has 0 saturated carbocycles. The molecule has 1 spiro atoms. The van der Waals surface area contributed by atoms with Crippen molar-refractivity contribution in [2.75, 3.05) is 33.3 Å². The lowest BCUT2D eigenvalue weighted by molar-refractivity contribution is -0.143. The van der Waals surface area contributed by atoms with Crippen LogP contribution >= 0.6 is 0 Å². The Balaban J connectivity index is 1.25. The maximum Gasteiger partial charge on any atom is 0.435 e. The third-order valence-electron chi connectivity index (χ3n) is 9.15. The first kappa shape index (κ1) is 29.5. The number of aryl methyl sites for hydroxylation is 1. The van der Waals surface area contributed by atoms with Gasteiger partial charge in [-0.3, -0.25) is 14.3 Å². The van der Waals surface area contributed by atoms with Gasteiger partial charge < -0.3 is 14.5 Å². The van der Waals surface area contributed by atoms with Gasteiger partial charge in [-0.1, -0.05) is 24.6 Å². The number of benzene rings is 1. The number of hydrogen-bond acceptors (Lipinski definition) is 4. The lowest BCUT2D eigenvalue weighted by Gasteiger charge is -2.44. The quantitative estimate of drug-likeness (QED) is 0.480. The largest absolute Gasteiger partial charge is 0.493 e. The van der Waals surface area contributed by atoms with E-state index in [4.69, 9.17) is 4.74 Å². The van der Waals surface area contributed by atoms with Crippen LogP contribution in [0.2, 0.25) is 0 Å². The number of piperidine rings is 1. The number of para-hydroxylation sites is 1. The van der Waals surface area contributed by atoms with Crippen molar-refractivity contribution in [2.45, 2.75) is 89.8 Å². The van der Waals surface area contributed by atoms with Gasteiger partial charge in [-0.2, -0.15) is 18.3 Å². The molecule has 41 heavy (non-hydrogen) atoms. The zero-order valence-corrected chi connectivity index (χ0v) is 24.0. The molecular weight excluding hydrogens is 533 g/mol. The minimum Gasteiger partial charge on any atom is -0.493 e. The van der Waals surface area contributed by atoms with Gasteiger partial charge in [0.1, 0.15) is 12.3 Å². The molecule has 224 valence electrons. The molecular formula is C31H41F3N4O3. The number of nitrogens with zero attached hydrogens (tertiary/aromatic N) is 4. The van der Waals surface area contributed by atoms with Crippen molar-refractivity contribution in [3.05, 3.63) is 46.8 Å². The highest BCUT2D eigenvalue weighted by Crippen LogP contribution is 2.39. The third-order valence-corrected chi connectivity index (χ3v) is 9.15. The van der Waals surface area contributed by atoms with E-state index >= 15 is 0 Å². The van der Waals surface area contributed by atoms with E-state index in [-0.39, 0.29) is 29.3 Å². The summed E-state index contributed by atoms with van der Waals surface area (Å²) < 4.78 is 48.1. The molecule has 0 radical (unpaired) electrons. The summed E-state index contributed by atoms with van der Waals surface area (Å²) in [4.78, 5) is 29.9. The minimum atomic E-state index is -4.52. The predicted molar refractivity (Wildman–Crippen MR) is 148 cm³/mol. The number of hydrogen-bond donors (Lipinski definition) is 0. The van der Waals surface area contributed by atoms with E-state index in [2.05, 4.69) is 11.2 Å². The van der Waals surface area contributed by atoms with E-state index in [1.807, 2.05) is 30.1 Å². The molecule has 0 N–H and O–H groups in total. The van der Waals surface area contributed by atoms with E-state index in [1.54, 1.807) is 4.90 Å². The lowest BCUT2D eigenvalue weighted by atomic mass is 9.73. The summed E-state index contributed by atoms with van der Waals surface area (Å²) in [5.74, 6) is 0.805. The van der Waals surface area contributed by atoms with Gasteiger partial charge in [-0.05, 0) is 81.3 Å². The Bertz CT molecular complexity index is 1230. The van der Waals surface area contributed by atoms with E-state index in [9.17, 15) is 22.8 Å². The van der Waals surface area contributed by atoms with Gasteiger partial charge in [0.2, 0.25) is 11.8 Å². The molecule has 3 heterocycles. The number of likely N-dealkylation sites (tertiary alicyclic amines) is 1. The standard InChI is InChI=1S/C31H41F3N4O3/c1-36-22-30(15-7-6-10-23-9-2-5-13-26(23)41-20-8-14-27(36)39)16-18-37(19-17-30)28(40)21-38-25-12-4-3-11-24(25)29(35-38)31(32,33)34/h2,5,9,13H,3-4,6-8,10-12,14-22H2,1H3. The van der Waals surface area contributed by atoms with Crippen molar-refractivity contribution in [3.8, 4) is 5.75 Å². The normalized spacial score (nSPS) is 20.6. The number of ether oxygens (including phenoxy) is 1. The lowest BCUT2D eigenvalue weighted by Crippen LogP contribution is -2.49. The fraction of sp³-hybridized carbons (Fsp3) is 0.645. The molecule has 1 aromatic heterocycles. The van der Waals surface area contributed by atoms with E-state index in [1.165, 1.54) is 10.2 Å². The van der Waals surface area contributed by atoms with Crippen LogP contribution < -0.4 is 4.74 Å². The summed E-state index contributed by atoms with van der Waals surface area (Å²) in [6, 6.07) is 8.10. The molecule has 2 aliphatic heterocycles. The Morgan fingerprint density at radius 1 is 0.976 bits per heavy atom.